The quantitative estimate of drug-likeness (QED) is 0.462. The molecule has 0 fully saturated rings. The van der Waals surface area contributed by atoms with Crippen LogP contribution < -0.4 is 5.73 Å². The van der Waals surface area contributed by atoms with Crippen LogP contribution in [0.3, 0.4) is 0 Å². The zero-order chi connectivity index (χ0) is 21.7. The lowest BCUT2D eigenvalue weighted by Gasteiger charge is -2.09. The van der Waals surface area contributed by atoms with E-state index >= 15 is 0 Å². The van der Waals surface area contributed by atoms with Crippen molar-refractivity contribution in [2.75, 3.05) is 0 Å². The number of nitriles is 1. The number of hydrogen-bond acceptors (Lipinski definition) is 3. The van der Waals surface area contributed by atoms with Gasteiger partial charge < -0.3 is 5.73 Å². The van der Waals surface area contributed by atoms with Gasteiger partial charge in [-0.3, -0.25) is 4.68 Å². The summed E-state index contributed by atoms with van der Waals surface area (Å²) in [6.07, 6.45) is 2.94. The minimum atomic E-state index is -0.890. The molecule has 0 amide bonds. The van der Waals surface area contributed by atoms with Gasteiger partial charge in [0.15, 0.2) is 17.5 Å². The molecule has 0 atom stereocenters. The topological polar surface area (TPSA) is 80.0 Å². The predicted molar refractivity (Wildman–Crippen MR) is 112 cm³/mol. The van der Waals surface area contributed by atoms with Gasteiger partial charge in [0.1, 0.15) is 5.84 Å². The minimum absolute atomic E-state index is 0.287. The van der Waals surface area contributed by atoms with Crippen LogP contribution in [0.5, 0.6) is 0 Å². The van der Waals surface area contributed by atoms with Gasteiger partial charge in [-0.15, -0.1) is 0 Å². The molecule has 30 heavy (non-hydrogen) atoms. The largest absolute Gasteiger partial charge is 0.387 e. The fourth-order valence-corrected chi connectivity index (χ4v) is 3.17. The average Bonchev–Trinajstić information content (AvgIpc) is 3.12. The normalized spacial score (nSPS) is 11.7. The number of nitrogens with zero attached hydrogens (tertiary/aromatic N) is 4. The van der Waals surface area contributed by atoms with Crippen molar-refractivity contribution in [1.29, 1.82) is 5.26 Å². The number of benzene rings is 2. The number of halogens is 2. The maximum absolute atomic E-state index is 13.3. The zero-order valence-corrected chi connectivity index (χ0v) is 16.9. The van der Waals surface area contributed by atoms with Gasteiger partial charge in [0.2, 0.25) is 0 Å². The molecule has 0 unspecified atom stereocenters. The van der Waals surface area contributed by atoms with E-state index in [9.17, 15) is 14.0 Å². The Balaban J connectivity index is 1.69. The first-order valence-corrected chi connectivity index (χ1v) is 9.66. The number of rotatable bonds is 7. The van der Waals surface area contributed by atoms with Crippen molar-refractivity contribution in [3.05, 3.63) is 82.5 Å². The van der Waals surface area contributed by atoms with E-state index < -0.39 is 11.6 Å². The van der Waals surface area contributed by atoms with Crippen LogP contribution in [0.1, 0.15) is 36.1 Å². The van der Waals surface area contributed by atoms with Crippen LogP contribution in [0.15, 0.2) is 53.7 Å². The lowest BCUT2D eigenvalue weighted by atomic mass is 9.96. The second kappa shape index (κ2) is 9.31. The maximum atomic E-state index is 13.3. The summed E-state index contributed by atoms with van der Waals surface area (Å²) in [5, 5.41) is 13.7. The lowest BCUT2D eigenvalue weighted by Crippen LogP contribution is -2.15. The first-order valence-electron chi connectivity index (χ1n) is 9.66. The molecule has 0 aliphatic heterocycles. The standard InChI is InChI=1S/C23H23F2N5/c1-15(2)9-18-5-3-16(10-19(18)13-26)12-22(27)28-23-7-8-30(29-23)14-17-4-6-20(24)21(25)11-17/h3-8,10-11,15H,9,12,14H2,1-2H3,(H2,27,28,29). The van der Waals surface area contributed by atoms with Gasteiger partial charge in [-0.25, -0.2) is 13.8 Å². The summed E-state index contributed by atoms with van der Waals surface area (Å²) in [6.45, 7) is 4.52. The van der Waals surface area contributed by atoms with E-state index in [2.05, 4.69) is 30.0 Å². The third-order valence-corrected chi connectivity index (χ3v) is 4.52. The van der Waals surface area contributed by atoms with Gasteiger partial charge in [0.25, 0.3) is 0 Å². The van der Waals surface area contributed by atoms with E-state index in [1.54, 1.807) is 16.9 Å². The molecule has 1 aromatic heterocycles. The molecule has 3 rings (SSSR count). The molecule has 0 saturated heterocycles. The second-order valence-corrected chi connectivity index (χ2v) is 7.60. The molecule has 2 N–H and O–H groups in total. The molecule has 0 aliphatic carbocycles. The summed E-state index contributed by atoms with van der Waals surface area (Å²) >= 11 is 0. The summed E-state index contributed by atoms with van der Waals surface area (Å²) in [7, 11) is 0. The summed E-state index contributed by atoms with van der Waals surface area (Å²) in [5.74, 6) is -0.510. The number of nitrogens with two attached hydrogens (primary N) is 1. The molecule has 0 radical (unpaired) electrons. The highest BCUT2D eigenvalue weighted by Gasteiger charge is 2.08. The average molecular weight is 407 g/mol. The van der Waals surface area contributed by atoms with Crippen LogP contribution in [0.4, 0.5) is 14.6 Å². The summed E-state index contributed by atoms with van der Waals surface area (Å²) in [4.78, 5) is 4.32. The third kappa shape index (κ3) is 5.51. The van der Waals surface area contributed by atoms with Gasteiger partial charge in [-0.1, -0.05) is 32.0 Å². The van der Waals surface area contributed by atoms with Crippen LogP contribution in [0, 0.1) is 28.9 Å². The van der Waals surface area contributed by atoms with E-state index in [1.807, 2.05) is 18.2 Å². The van der Waals surface area contributed by atoms with Crippen molar-refractivity contribution in [2.45, 2.75) is 33.2 Å². The number of amidine groups is 1. The fourth-order valence-electron chi connectivity index (χ4n) is 3.17. The minimum Gasteiger partial charge on any atom is -0.387 e. The predicted octanol–water partition coefficient (Wildman–Crippen LogP) is 4.51. The van der Waals surface area contributed by atoms with Gasteiger partial charge in [-0.2, -0.15) is 10.4 Å². The molecule has 0 saturated carbocycles. The molecule has 0 bridgehead atoms. The molecule has 3 aromatic rings. The fraction of sp³-hybridized carbons (Fsp3) is 0.261. The van der Waals surface area contributed by atoms with Crippen LogP contribution in [0.2, 0.25) is 0 Å². The van der Waals surface area contributed by atoms with Gasteiger partial charge in [0.05, 0.1) is 18.2 Å². The second-order valence-electron chi connectivity index (χ2n) is 7.60. The smallest absolute Gasteiger partial charge is 0.175 e. The Bertz CT molecular complexity index is 1110. The number of hydrogen-bond donors (Lipinski definition) is 1. The highest BCUT2D eigenvalue weighted by molar-refractivity contribution is 5.84. The molecule has 7 heteroatoms. The Morgan fingerprint density at radius 2 is 1.90 bits per heavy atom. The van der Waals surface area contributed by atoms with Crippen molar-refractivity contribution in [1.82, 2.24) is 9.78 Å². The van der Waals surface area contributed by atoms with Gasteiger partial charge in [0, 0.05) is 18.7 Å². The number of aromatic nitrogens is 2. The number of aliphatic imine (C=N–C) groups is 1. The first-order chi connectivity index (χ1) is 14.3. The van der Waals surface area contributed by atoms with E-state index in [1.165, 1.54) is 6.07 Å². The molecule has 2 aromatic carbocycles. The van der Waals surface area contributed by atoms with Crippen LogP contribution in [-0.2, 0) is 19.4 Å². The van der Waals surface area contributed by atoms with Crippen LogP contribution in [0.25, 0.3) is 0 Å². The maximum Gasteiger partial charge on any atom is 0.175 e. The van der Waals surface area contributed by atoms with E-state index in [4.69, 9.17) is 5.73 Å². The van der Waals surface area contributed by atoms with Crippen molar-refractivity contribution in [2.24, 2.45) is 16.6 Å². The lowest BCUT2D eigenvalue weighted by molar-refractivity contribution is 0.506. The molecular formula is C23H23F2N5. The third-order valence-electron chi connectivity index (χ3n) is 4.52. The Morgan fingerprint density at radius 1 is 1.13 bits per heavy atom. The molecule has 5 nitrogen and oxygen atoms in total. The molecule has 0 spiro atoms. The van der Waals surface area contributed by atoms with Crippen molar-refractivity contribution < 1.29 is 8.78 Å². The van der Waals surface area contributed by atoms with Gasteiger partial charge >= 0.3 is 0 Å². The Kier molecular flexibility index (Phi) is 6.58. The summed E-state index contributed by atoms with van der Waals surface area (Å²) in [5.41, 5.74) is 9.25. The van der Waals surface area contributed by atoms with Crippen molar-refractivity contribution in [3.63, 3.8) is 0 Å². The van der Waals surface area contributed by atoms with Crippen LogP contribution in [-0.4, -0.2) is 15.6 Å². The molecule has 154 valence electrons. The van der Waals surface area contributed by atoms with Crippen LogP contribution >= 0.6 is 0 Å². The van der Waals surface area contributed by atoms with Crippen molar-refractivity contribution in [3.8, 4) is 6.07 Å². The zero-order valence-electron chi connectivity index (χ0n) is 16.9. The molecular weight excluding hydrogens is 384 g/mol. The van der Waals surface area contributed by atoms with E-state index in [0.717, 1.165) is 29.7 Å². The summed E-state index contributed by atoms with van der Waals surface area (Å²) in [6, 6.07) is 13.5. The molecule has 0 aliphatic rings. The Labute approximate surface area is 174 Å². The van der Waals surface area contributed by atoms with E-state index in [0.29, 0.717) is 35.1 Å². The first kappa shape index (κ1) is 21.2. The highest BCUT2D eigenvalue weighted by atomic mass is 19.2. The SMILES string of the molecule is CC(C)Cc1ccc(CC(N)=Nc2ccn(Cc3ccc(F)c(F)c3)n2)cc1C#N. The monoisotopic (exact) mass is 407 g/mol. The molecule has 1 heterocycles. The highest BCUT2D eigenvalue weighted by Crippen LogP contribution is 2.17. The van der Waals surface area contributed by atoms with E-state index in [-0.39, 0.29) is 6.54 Å². The van der Waals surface area contributed by atoms with Crippen molar-refractivity contribution >= 4 is 11.7 Å². The Morgan fingerprint density at radius 3 is 2.60 bits per heavy atom. The van der Waals surface area contributed by atoms with Gasteiger partial charge in [-0.05, 0) is 47.2 Å². The summed E-state index contributed by atoms with van der Waals surface area (Å²) < 4.78 is 28.0. The Hall–Kier alpha value is -3.53.